The summed E-state index contributed by atoms with van der Waals surface area (Å²) in [5.41, 5.74) is 2.32. The molecule has 0 aliphatic heterocycles. The highest BCUT2D eigenvalue weighted by atomic mass is 79.9. The minimum absolute atomic E-state index is 0.171. The lowest BCUT2D eigenvalue weighted by atomic mass is 10.2. The average molecular weight is 374 g/mol. The zero-order valence-electron chi connectivity index (χ0n) is 12.6. The van der Waals surface area contributed by atoms with Gasteiger partial charge in [-0.05, 0) is 35.0 Å². The number of nitrogens with one attached hydrogen (secondary N) is 1. The molecule has 0 spiro atoms. The summed E-state index contributed by atoms with van der Waals surface area (Å²) in [6.07, 6.45) is 7.25. The number of carbonyl (C=O) groups is 1. The van der Waals surface area contributed by atoms with Gasteiger partial charge < -0.3 is 5.32 Å². The maximum Gasteiger partial charge on any atom is 0.256 e. The van der Waals surface area contributed by atoms with Crippen molar-refractivity contribution >= 4 is 27.5 Å². The van der Waals surface area contributed by atoms with Crippen LogP contribution in [-0.2, 0) is 13.1 Å². The van der Waals surface area contributed by atoms with Crippen LogP contribution >= 0.6 is 15.9 Å². The van der Waals surface area contributed by atoms with Crippen LogP contribution in [0.15, 0.2) is 53.5 Å². The number of nitrogens with zero attached hydrogens (tertiary/aromatic N) is 4. The van der Waals surface area contributed by atoms with Crippen LogP contribution in [0.1, 0.15) is 22.8 Å². The summed E-state index contributed by atoms with van der Waals surface area (Å²) in [6, 6.07) is 7.30. The Morgan fingerprint density at radius 1 is 1.17 bits per heavy atom. The van der Waals surface area contributed by atoms with E-state index in [1.54, 1.807) is 23.1 Å². The van der Waals surface area contributed by atoms with Gasteiger partial charge in [0.15, 0.2) is 0 Å². The minimum Gasteiger partial charge on any atom is -0.319 e. The second-order valence-electron chi connectivity index (χ2n) is 5.06. The Morgan fingerprint density at radius 3 is 2.70 bits per heavy atom. The van der Waals surface area contributed by atoms with Gasteiger partial charge in [0.05, 0.1) is 30.2 Å². The van der Waals surface area contributed by atoms with E-state index < -0.39 is 0 Å². The Kier molecular flexibility index (Phi) is 4.57. The molecule has 0 unspecified atom stereocenters. The molecule has 1 amide bonds. The molecule has 0 radical (unpaired) electrons. The molecule has 1 aromatic carbocycles. The zero-order valence-corrected chi connectivity index (χ0v) is 14.2. The van der Waals surface area contributed by atoms with Crippen molar-refractivity contribution in [3.05, 3.63) is 64.7 Å². The number of aromatic nitrogens is 4. The Bertz CT molecular complexity index is 823. The van der Waals surface area contributed by atoms with E-state index in [0.717, 1.165) is 16.6 Å². The highest BCUT2D eigenvalue weighted by Crippen LogP contribution is 2.17. The van der Waals surface area contributed by atoms with E-state index >= 15 is 0 Å². The van der Waals surface area contributed by atoms with E-state index in [4.69, 9.17) is 0 Å². The SMILES string of the molecule is CCn1cc(Cn2cc(NC(=O)c3ccccc3Br)cn2)cn1. The normalized spacial score (nSPS) is 10.7. The summed E-state index contributed by atoms with van der Waals surface area (Å²) in [5, 5.41) is 11.4. The van der Waals surface area contributed by atoms with E-state index in [9.17, 15) is 4.79 Å². The number of rotatable bonds is 5. The first-order valence-corrected chi connectivity index (χ1v) is 8.04. The first kappa shape index (κ1) is 15.5. The molecular weight excluding hydrogens is 358 g/mol. The monoisotopic (exact) mass is 373 g/mol. The summed E-state index contributed by atoms with van der Waals surface area (Å²) < 4.78 is 4.40. The molecule has 6 nitrogen and oxygen atoms in total. The molecule has 7 heteroatoms. The quantitative estimate of drug-likeness (QED) is 0.746. The second kappa shape index (κ2) is 6.78. The van der Waals surface area contributed by atoms with Gasteiger partial charge in [0.2, 0.25) is 0 Å². The fourth-order valence-electron chi connectivity index (χ4n) is 2.21. The highest BCUT2D eigenvalue weighted by Gasteiger charge is 2.10. The van der Waals surface area contributed by atoms with Gasteiger partial charge in [-0.15, -0.1) is 0 Å². The number of hydrogen-bond acceptors (Lipinski definition) is 3. The molecule has 0 aliphatic rings. The number of halogens is 1. The number of benzene rings is 1. The van der Waals surface area contributed by atoms with E-state index in [1.807, 2.05) is 42.2 Å². The first-order valence-electron chi connectivity index (χ1n) is 7.25. The number of anilines is 1. The van der Waals surface area contributed by atoms with Crippen molar-refractivity contribution in [2.75, 3.05) is 5.32 Å². The predicted molar refractivity (Wildman–Crippen MR) is 91.3 cm³/mol. The number of carbonyl (C=O) groups excluding carboxylic acids is 1. The molecule has 0 aliphatic carbocycles. The molecule has 23 heavy (non-hydrogen) atoms. The Balaban J connectivity index is 1.67. The van der Waals surface area contributed by atoms with E-state index in [-0.39, 0.29) is 5.91 Å². The fourth-order valence-corrected chi connectivity index (χ4v) is 2.67. The van der Waals surface area contributed by atoms with Crippen molar-refractivity contribution in [2.24, 2.45) is 0 Å². The van der Waals surface area contributed by atoms with Crippen LogP contribution < -0.4 is 5.32 Å². The zero-order chi connectivity index (χ0) is 16.2. The summed E-state index contributed by atoms with van der Waals surface area (Å²) in [5.74, 6) is -0.171. The average Bonchev–Trinajstić information content (AvgIpc) is 3.17. The van der Waals surface area contributed by atoms with Crippen LogP contribution in [-0.4, -0.2) is 25.5 Å². The third-order valence-corrected chi connectivity index (χ3v) is 4.06. The Hall–Kier alpha value is -2.41. The summed E-state index contributed by atoms with van der Waals surface area (Å²) in [4.78, 5) is 12.3. The second-order valence-corrected chi connectivity index (χ2v) is 5.92. The van der Waals surface area contributed by atoms with Gasteiger partial charge in [0.25, 0.3) is 5.91 Å². The lowest BCUT2D eigenvalue weighted by Crippen LogP contribution is -2.12. The Morgan fingerprint density at radius 2 is 1.96 bits per heavy atom. The minimum atomic E-state index is -0.171. The molecule has 3 rings (SSSR count). The van der Waals surface area contributed by atoms with Crippen LogP contribution in [0.3, 0.4) is 0 Å². The summed E-state index contributed by atoms with van der Waals surface area (Å²) >= 11 is 3.38. The van der Waals surface area contributed by atoms with Crippen LogP contribution in [0.4, 0.5) is 5.69 Å². The van der Waals surface area contributed by atoms with E-state index in [2.05, 4.69) is 31.4 Å². The highest BCUT2D eigenvalue weighted by molar-refractivity contribution is 9.10. The largest absolute Gasteiger partial charge is 0.319 e. The van der Waals surface area contributed by atoms with Crippen LogP contribution in [0.5, 0.6) is 0 Å². The van der Waals surface area contributed by atoms with Crippen molar-refractivity contribution in [3.8, 4) is 0 Å². The standard InChI is InChI=1S/C16H16BrN5O/c1-2-21-9-12(7-18-21)10-22-11-13(8-19-22)20-16(23)14-5-3-4-6-15(14)17/h3-9,11H,2,10H2,1H3,(H,20,23). The Labute approximate surface area is 142 Å². The van der Waals surface area contributed by atoms with Crippen molar-refractivity contribution in [1.82, 2.24) is 19.6 Å². The van der Waals surface area contributed by atoms with Crippen LogP contribution in [0.25, 0.3) is 0 Å². The predicted octanol–water partition coefficient (Wildman–Crippen LogP) is 3.16. The maximum atomic E-state index is 12.3. The molecule has 1 N–H and O–H groups in total. The first-order chi connectivity index (χ1) is 11.2. The molecule has 0 bridgehead atoms. The lowest BCUT2D eigenvalue weighted by Gasteiger charge is -2.04. The lowest BCUT2D eigenvalue weighted by molar-refractivity contribution is 0.102. The van der Waals surface area contributed by atoms with Gasteiger partial charge in [-0.2, -0.15) is 10.2 Å². The van der Waals surface area contributed by atoms with Crippen LogP contribution in [0, 0.1) is 0 Å². The van der Waals surface area contributed by atoms with E-state index in [0.29, 0.717) is 17.8 Å². The van der Waals surface area contributed by atoms with Gasteiger partial charge in [0.1, 0.15) is 0 Å². The molecule has 0 atom stereocenters. The topological polar surface area (TPSA) is 64.7 Å². The summed E-state index contributed by atoms with van der Waals surface area (Å²) in [6.45, 7) is 3.50. The van der Waals surface area contributed by atoms with Gasteiger partial charge in [-0.1, -0.05) is 12.1 Å². The van der Waals surface area contributed by atoms with Gasteiger partial charge in [0, 0.05) is 29.0 Å². The molecule has 3 aromatic rings. The number of aryl methyl sites for hydroxylation is 1. The van der Waals surface area contributed by atoms with Crippen LogP contribution in [0.2, 0.25) is 0 Å². The smallest absolute Gasteiger partial charge is 0.256 e. The molecule has 2 aromatic heterocycles. The number of amides is 1. The molecular formula is C16H16BrN5O. The third-order valence-electron chi connectivity index (χ3n) is 3.36. The number of hydrogen-bond donors (Lipinski definition) is 1. The molecule has 0 saturated carbocycles. The summed E-state index contributed by atoms with van der Waals surface area (Å²) in [7, 11) is 0. The molecule has 118 valence electrons. The molecule has 0 fully saturated rings. The third kappa shape index (κ3) is 3.68. The van der Waals surface area contributed by atoms with Crippen molar-refractivity contribution in [2.45, 2.75) is 20.0 Å². The van der Waals surface area contributed by atoms with Crippen molar-refractivity contribution in [3.63, 3.8) is 0 Å². The van der Waals surface area contributed by atoms with Crippen molar-refractivity contribution < 1.29 is 4.79 Å². The van der Waals surface area contributed by atoms with Gasteiger partial charge in [-0.3, -0.25) is 14.2 Å². The van der Waals surface area contributed by atoms with Gasteiger partial charge >= 0.3 is 0 Å². The van der Waals surface area contributed by atoms with Gasteiger partial charge in [-0.25, -0.2) is 0 Å². The maximum absolute atomic E-state index is 12.3. The van der Waals surface area contributed by atoms with Crippen molar-refractivity contribution in [1.29, 1.82) is 0 Å². The van der Waals surface area contributed by atoms with E-state index in [1.165, 1.54) is 0 Å². The molecule has 0 saturated heterocycles. The fraction of sp³-hybridized carbons (Fsp3) is 0.188. The molecule has 2 heterocycles.